The summed E-state index contributed by atoms with van der Waals surface area (Å²) in [4.78, 5) is 4.88. The average Bonchev–Trinajstić information content (AvgIpc) is 3.20. The van der Waals surface area contributed by atoms with Crippen LogP contribution in [0.2, 0.25) is 0 Å². The van der Waals surface area contributed by atoms with Crippen LogP contribution in [0.5, 0.6) is 0 Å². The summed E-state index contributed by atoms with van der Waals surface area (Å²) in [6, 6.07) is 3.38. The summed E-state index contributed by atoms with van der Waals surface area (Å²) in [7, 11) is -3.66. The number of aromatic nitrogens is 2. The smallest absolute Gasteiger partial charge is 0.245 e. The van der Waals surface area contributed by atoms with Crippen LogP contribution in [0.4, 0.5) is 0 Å². The van der Waals surface area contributed by atoms with Crippen LogP contribution in [-0.4, -0.2) is 29.4 Å². The van der Waals surface area contributed by atoms with E-state index in [4.69, 9.17) is 10.3 Å². The van der Waals surface area contributed by atoms with Gasteiger partial charge in [0, 0.05) is 6.54 Å². The van der Waals surface area contributed by atoms with Gasteiger partial charge in [0.05, 0.1) is 10.4 Å². The lowest BCUT2D eigenvalue weighted by Crippen LogP contribution is -2.44. The number of aryl methyl sites for hydroxylation is 3. The van der Waals surface area contributed by atoms with Gasteiger partial charge in [0.2, 0.25) is 15.9 Å². The maximum Gasteiger partial charge on any atom is 0.245 e. The highest BCUT2D eigenvalue weighted by Crippen LogP contribution is 2.40. The number of benzene rings is 1. The first-order chi connectivity index (χ1) is 12.7. The molecule has 146 valence electrons. The van der Waals surface area contributed by atoms with Gasteiger partial charge in [-0.25, -0.2) is 8.42 Å². The Labute approximate surface area is 160 Å². The molecule has 1 aromatic heterocycles. The molecule has 2 aliphatic rings. The Morgan fingerprint density at radius 3 is 2.44 bits per heavy atom. The number of sulfonamides is 1. The minimum absolute atomic E-state index is 0.352. The summed E-state index contributed by atoms with van der Waals surface area (Å²) in [6.45, 7) is 6.11. The third kappa shape index (κ3) is 2.99. The Kier molecular flexibility index (Phi) is 4.40. The van der Waals surface area contributed by atoms with E-state index >= 15 is 0 Å². The lowest BCUT2D eigenvalue weighted by Gasteiger charge is -2.34. The Morgan fingerprint density at radius 2 is 1.85 bits per heavy atom. The molecule has 27 heavy (non-hydrogen) atoms. The third-order valence-corrected chi connectivity index (χ3v) is 8.01. The second kappa shape index (κ2) is 6.39. The van der Waals surface area contributed by atoms with Gasteiger partial charge in [-0.2, -0.15) is 9.29 Å². The van der Waals surface area contributed by atoms with Crippen LogP contribution in [0.15, 0.2) is 21.6 Å². The molecular formula is C19H26N4O3S. The van der Waals surface area contributed by atoms with Crippen LogP contribution >= 0.6 is 0 Å². The van der Waals surface area contributed by atoms with Crippen LogP contribution in [0.25, 0.3) is 0 Å². The Balaban J connectivity index is 1.69. The molecule has 1 aliphatic heterocycles. The summed E-state index contributed by atoms with van der Waals surface area (Å²) in [5.74, 6) is 0.848. The van der Waals surface area contributed by atoms with Crippen molar-refractivity contribution in [3.63, 3.8) is 0 Å². The van der Waals surface area contributed by atoms with Crippen molar-refractivity contribution in [1.82, 2.24) is 14.4 Å². The third-order valence-electron chi connectivity index (χ3n) is 5.79. The van der Waals surface area contributed by atoms with Crippen molar-refractivity contribution in [2.45, 2.75) is 69.4 Å². The number of hydrogen-bond acceptors (Lipinski definition) is 6. The fraction of sp³-hybridized carbons (Fsp3) is 0.579. The van der Waals surface area contributed by atoms with Gasteiger partial charge < -0.3 is 10.3 Å². The van der Waals surface area contributed by atoms with Gasteiger partial charge in [-0.15, -0.1) is 0 Å². The van der Waals surface area contributed by atoms with E-state index in [-0.39, 0.29) is 0 Å². The van der Waals surface area contributed by atoms with Crippen LogP contribution in [0.1, 0.15) is 66.6 Å². The van der Waals surface area contributed by atoms with Gasteiger partial charge in [-0.1, -0.05) is 22.9 Å². The van der Waals surface area contributed by atoms with E-state index in [1.807, 2.05) is 32.9 Å². The van der Waals surface area contributed by atoms with E-state index in [1.54, 1.807) is 0 Å². The minimum Gasteiger partial charge on any atom is -0.337 e. The molecule has 2 N–H and O–H groups in total. The first kappa shape index (κ1) is 18.6. The second-order valence-corrected chi connectivity index (χ2v) is 9.79. The summed E-state index contributed by atoms with van der Waals surface area (Å²) in [6.07, 6.45) is 4.15. The SMILES string of the molecule is Cc1cc(C)c(S(=O)(=O)N2CCCC2c2nc(C3(N)CCC3)no2)c(C)c1. The fourth-order valence-corrected chi connectivity index (χ4v) is 6.39. The van der Waals surface area contributed by atoms with Gasteiger partial charge in [0.1, 0.15) is 6.04 Å². The number of rotatable bonds is 4. The number of nitrogens with two attached hydrogens (primary N) is 1. The van der Waals surface area contributed by atoms with Crippen molar-refractivity contribution >= 4 is 10.0 Å². The number of nitrogens with zero attached hydrogens (tertiary/aromatic N) is 3. The molecule has 0 amide bonds. The molecule has 8 heteroatoms. The van der Waals surface area contributed by atoms with E-state index < -0.39 is 21.6 Å². The molecule has 1 aliphatic carbocycles. The molecule has 4 rings (SSSR count). The van der Waals surface area contributed by atoms with Gasteiger partial charge >= 0.3 is 0 Å². The zero-order valence-electron chi connectivity index (χ0n) is 16.0. The summed E-state index contributed by atoms with van der Waals surface area (Å²) >= 11 is 0. The predicted molar refractivity (Wildman–Crippen MR) is 101 cm³/mol. The van der Waals surface area contributed by atoms with E-state index in [0.29, 0.717) is 29.6 Å². The highest BCUT2D eigenvalue weighted by molar-refractivity contribution is 7.89. The van der Waals surface area contributed by atoms with Gasteiger partial charge in [-0.3, -0.25) is 0 Å². The van der Waals surface area contributed by atoms with Crippen molar-refractivity contribution in [2.24, 2.45) is 5.73 Å². The molecule has 1 saturated carbocycles. The molecule has 1 aromatic carbocycles. The van der Waals surface area contributed by atoms with Crippen LogP contribution in [0.3, 0.4) is 0 Å². The maximum absolute atomic E-state index is 13.5. The van der Waals surface area contributed by atoms with Crippen molar-refractivity contribution in [2.75, 3.05) is 6.54 Å². The topological polar surface area (TPSA) is 102 Å². The Hall–Kier alpha value is -1.77. The normalized spacial score (nSPS) is 22.7. The first-order valence-electron chi connectivity index (χ1n) is 9.45. The summed E-state index contributed by atoms with van der Waals surface area (Å²) < 4.78 is 33.9. The van der Waals surface area contributed by atoms with E-state index in [0.717, 1.165) is 42.4 Å². The Morgan fingerprint density at radius 1 is 1.19 bits per heavy atom. The van der Waals surface area contributed by atoms with Crippen molar-refractivity contribution < 1.29 is 12.9 Å². The highest BCUT2D eigenvalue weighted by Gasteiger charge is 2.43. The second-order valence-electron chi connectivity index (χ2n) is 7.97. The lowest BCUT2D eigenvalue weighted by molar-refractivity contribution is 0.227. The minimum atomic E-state index is -3.66. The predicted octanol–water partition coefficient (Wildman–Crippen LogP) is 2.86. The molecule has 1 saturated heterocycles. The zero-order valence-corrected chi connectivity index (χ0v) is 16.8. The van der Waals surface area contributed by atoms with Crippen molar-refractivity contribution in [3.8, 4) is 0 Å². The molecule has 7 nitrogen and oxygen atoms in total. The molecule has 2 heterocycles. The van der Waals surface area contributed by atoms with Crippen molar-refractivity contribution in [3.05, 3.63) is 40.5 Å². The van der Waals surface area contributed by atoms with Crippen LogP contribution in [-0.2, 0) is 15.6 Å². The molecule has 0 bridgehead atoms. The first-order valence-corrected chi connectivity index (χ1v) is 10.9. The van der Waals surface area contributed by atoms with Gasteiger partial charge in [0.15, 0.2) is 5.82 Å². The summed E-state index contributed by atoms with van der Waals surface area (Å²) in [5, 5.41) is 4.06. The monoisotopic (exact) mass is 390 g/mol. The largest absolute Gasteiger partial charge is 0.337 e. The zero-order chi connectivity index (χ0) is 19.4. The average molecular weight is 391 g/mol. The van der Waals surface area contributed by atoms with Gasteiger partial charge in [-0.05, 0) is 64.0 Å². The molecule has 1 unspecified atom stereocenters. The maximum atomic E-state index is 13.5. The highest BCUT2D eigenvalue weighted by atomic mass is 32.2. The van der Waals surface area contributed by atoms with E-state index in [9.17, 15) is 8.42 Å². The molecule has 0 radical (unpaired) electrons. The van der Waals surface area contributed by atoms with E-state index in [2.05, 4.69) is 10.1 Å². The molecule has 2 fully saturated rings. The van der Waals surface area contributed by atoms with Gasteiger partial charge in [0.25, 0.3) is 0 Å². The lowest BCUT2D eigenvalue weighted by atomic mass is 9.77. The molecular weight excluding hydrogens is 364 g/mol. The van der Waals surface area contributed by atoms with Crippen LogP contribution in [0, 0.1) is 20.8 Å². The summed E-state index contributed by atoms with van der Waals surface area (Å²) in [5.41, 5.74) is 8.35. The molecule has 0 spiro atoms. The standard InChI is InChI=1S/C19H26N4O3S/c1-12-10-13(2)16(14(3)11-12)27(24,25)23-9-4-6-15(23)17-21-18(22-26-17)19(20)7-5-8-19/h10-11,15H,4-9,20H2,1-3H3. The fourth-order valence-electron chi connectivity index (χ4n) is 4.32. The quantitative estimate of drug-likeness (QED) is 0.861. The van der Waals surface area contributed by atoms with Crippen LogP contribution < -0.4 is 5.73 Å². The Bertz CT molecular complexity index is 956. The van der Waals surface area contributed by atoms with Crippen molar-refractivity contribution in [1.29, 1.82) is 0 Å². The molecule has 1 atom stereocenters. The molecule has 2 aromatic rings. The van der Waals surface area contributed by atoms with E-state index in [1.165, 1.54) is 4.31 Å². The number of hydrogen-bond donors (Lipinski definition) is 1.